The van der Waals surface area contributed by atoms with E-state index in [4.69, 9.17) is 0 Å². The van der Waals surface area contributed by atoms with Crippen molar-refractivity contribution in [1.29, 1.82) is 0 Å². The predicted molar refractivity (Wildman–Crippen MR) is 57.2 cm³/mol. The highest BCUT2D eigenvalue weighted by atomic mass is 32.2. The highest BCUT2D eigenvalue weighted by Crippen LogP contribution is 2.26. The van der Waals surface area contributed by atoms with Crippen LogP contribution in [0.3, 0.4) is 0 Å². The third-order valence-corrected chi connectivity index (χ3v) is 2.96. The van der Waals surface area contributed by atoms with Gasteiger partial charge < -0.3 is 0 Å². The van der Waals surface area contributed by atoms with Crippen LogP contribution in [-0.2, 0) is 7.05 Å². The van der Waals surface area contributed by atoms with Gasteiger partial charge in [-0.1, -0.05) is 6.07 Å². The molecule has 0 spiro atoms. The Balaban J connectivity index is 2.83. The molecule has 0 atom stereocenters. The van der Waals surface area contributed by atoms with E-state index in [2.05, 4.69) is 36.6 Å². The van der Waals surface area contributed by atoms with E-state index in [9.17, 15) is 0 Å². The lowest BCUT2D eigenvalue weighted by molar-refractivity contribution is 0.777. The number of aryl methyl sites for hydroxylation is 2. The molecule has 0 aliphatic heterocycles. The first-order valence-corrected chi connectivity index (χ1v) is 5.42. The van der Waals surface area contributed by atoms with Gasteiger partial charge >= 0.3 is 0 Å². The highest BCUT2D eigenvalue weighted by molar-refractivity contribution is 7.98. The van der Waals surface area contributed by atoms with Crippen molar-refractivity contribution in [3.8, 4) is 0 Å². The van der Waals surface area contributed by atoms with Crippen LogP contribution in [0.2, 0.25) is 0 Å². The van der Waals surface area contributed by atoms with Gasteiger partial charge in [0.15, 0.2) is 0 Å². The third-order valence-electron chi connectivity index (χ3n) is 2.19. The molecule has 1 aromatic heterocycles. The molecule has 0 aliphatic rings. The summed E-state index contributed by atoms with van der Waals surface area (Å²) in [5.74, 6) is 0. The second kappa shape index (κ2) is 3.07. The fraction of sp³-hybridized carbons (Fsp3) is 0.300. The monoisotopic (exact) mass is 192 g/mol. The fourth-order valence-corrected chi connectivity index (χ4v) is 2.04. The van der Waals surface area contributed by atoms with Gasteiger partial charge in [-0.25, -0.2) is 0 Å². The molecule has 0 fully saturated rings. The van der Waals surface area contributed by atoms with Gasteiger partial charge in [-0.2, -0.15) is 5.10 Å². The van der Waals surface area contributed by atoms with Gasteiger partial charge in [0.1, 0.15) is 5.52 Å². The number of hydrogen-bond donors (Lipinski definition) is 0. The second-order valence-corrected chi connectivity index (χ2v) is 4.00. The quantitative estimate of drug-likeness (QED) is 0.646. The number of aromatic nitrogens is 2. The van der Waals surface area contributed by atoms with Crippen LogP contribution in [0.5, 0.6) is 0 Å². The van der Waals surface area contributed by atoms with Gasteiger partial charge in [0.2, 0.25) is 0 Å². The average Bonchev–Trinajstić information content (AvgIpc) is 2.48. The summed E-state index contributed by atoms with van der Waals surface area (Å²) in [6.07, 6.45) is 4.16. The highest BCUT2D eigenvalue weighted by Gasteiger charge is 2.05. The predicted octanol–water partition coefficient (Wildman–Crippen LogP) is 2.60. The van der Waals surface area contributed by atoms with Crippen molar-refractivity contribution in [2.75, 3.05) is 6.26 Å². The van der Waals surface area contributed by atoms with E-state index in [-0.39, 0.29) is 0 Å². The van der Waals surface area contributed by atoms with Crippen LogP contribution in [-0.4, -0.2) is 16.0 Å². The molecule has 2 rings (SSSR count). The lowest BCUT2D eigenvalue weighted by Crippen LogP contribution is -1.85. The first kappa shape index (κ1) is 8.63. The van der Waals surface area contributed by atoms with Gasteiger partial charge in [-0.3, -0.25) is 4.68 Å². The summed E-state index contributed by atoms with van der Waals surface area (Å²) < 4.78 is 1.87. The van der Waals surface area contributed by atoms with Gasteiger partial charge in [0.25, 0.3) is 0 Å². The molecule has 0 bridgehead atoms. The fourth-order valence-electron chi connectivity index (χ4n) is 1.49. The van der Waals surface area contributed by atoms with Crippen LogP contribution in [0, 0.1) is 6.92 Å². The van der Waals surface area contributed by atoms with Crippen LogP contribution in [0.1, 0.15) is 5.56 Å². The summed E-state index contributed by atoms with van der Waals surface area (Å²) >= 11 is 1.74. The summed E-state index contributed by atoms with van der Waals surface area (Å²) in [4.78, 5) is 1.25. The summed E-state index contributed by atoms with van der Waals surface area (Å²) in [6, 6.07) is 4.28. The van der Waals surface area contributed by atoms with Crippen molar-refractivity contribution in [3.05, 3.63) is 23.9 Å². The SMILES string of the molecule is CSc1ccc(C)c2cn(C)nc12. The van der Waals surface area contributed by atoms with E-state index < -0.39 is 0 Å². The standard InChI is InChI=1S/C10H12N2S/c1-7-4-5-9(13-3)10-8(7)6-12(2)11-10/h4-6H,1-3H3. The maximum absolute atomic E-state index is 4.44. The molecule has 0 saturated heterocycles. The number of hydrogen-bond acceptors (Lipinski definition) is 2. The number of fused-ring (bicyclic) bond motifs is 1. The molecular formula is C10H12N2S. The Bertz CT molecular complexity index is 445. The molecule has 1 aromatic carbocycles. The molecule has 68 valence electrons. The Morgan fingerprint density at radius 2 is 2.15 bits per heavy atom. The van der Waals surface area contributed by atoms with E-state index in [1.54, 1.807) is 11.8 Å². The number of rotatable bonds is 1. The molecule has 13 heavy (non-hydrogen) atoms. The van der Waals surface area contributed by atoms with E-state index in [1.807, 2.05) is 11.7 Å². The Hall–Kier alpha value is -0.960. The molecule has 0 radical (unpaired) electrons. The van der Waals surface area contributed by atoms with E-state index in [0.717, 1.165) is 5.52 Å². The van der Waals surface area contributed by atoms with E-state index in [0.29, 0.717) is 0 Å². The molecule has 0 saturated carbocycles. The van der Waals surface area contributed by atoms with Crippen molar-refractivity contribution in [3.63, 3.8) is 0 Å². The largest absolute Gasteiger partial charge is 0.275 e. The summed E-state index contributed by atoms with van der Waals surface area (Å²) in [6.45, 7) is 2.12. The zero-order valence-corrected chi connectivity index (χ0v) is 8.85. The second-order valence-electron chi connectivity index (χ2n) is 3.15. The normalized spacial score (nSPS) is 11.0. The maximum atomic E-state index is 4.44. The average molecular weight is 192 g/mol. The van der Waals surface area contributed by atoms with E-state index >= 15 is 0 Å². The van der Waals surface area contributed by atoms with Crippen molar-refractivity contribution in [2.45, 2.75) is 11.8 Å². The van der Waals surface area contributed by atoms with Gasteiger partial charge in [-0.05, 0) is 24.8 Å². The Labute approximate surface area is 81.9 Å². The summed E-state index contributed by atoms with van der Waals surface area (Å²) in [5, 5.41) is 5.70. The molecule has 0 unspecified atom stereocenters. The van der Waals surface area contributed by atoms with Crippen LogP contribution < -0.4 is 0 Å². The summed E-state index contributed by atoms with van der Waals surface area (Å²) in [7, 11) is 1.96. The number of benzene rings is 1. The zero-order chi connectivity index (χ0) is 9.42. The molecular weight excluding hydrogens is 180 g/mol. The van der Waals surface area contributed by atoms with Gasteiger partial charge in [-0.15, -0.1) is 11.8 Å². The van der Waals surface area contributed by atoms with Gasteiger partial charge in [0.05, 0.1) is 0 Å². The Morgan fingerprint density at radius 1 is 1.38 bits per heavy atom. The number of thioether (sulfide) groups is 1. The third kappa shape index (κ3) is 1.33. The number of nitrogens with zero attached hydrogens (tertiary/aromatic N) is 2. The van der Waals surface area contributed by atoms with Crippen molar-refractivity contribution in [1.82, 2.24) is 9.78 Å². The van der Waals surface area contributed by atoms with Crippen LogP contribution in [0.4, 0.5) is 0 Å². The molecule has 2 aromatic rings. The lowest BCUT2D eigenvalue weighted by Gasteiger charge is -1.98. The summed E-state index contributed by atoms with van der Waals surface area (Å²) in [5.41, 5.74) is 2.41. The smallest absolute Gasteiger partial charge is 0.106 e. The minimum atomic E-state index is 1.12. The van der Waals surface area contributed by atoms with Crippen molar-refractivity contribution < 1.29 is 0 Å². The first-order valence-electron chi connectivity index (χ1n) is 4.19. The van der Waals surface area contributed by atoms with Gasteiger partial charge in [0, 0.05) is 23.5 Å². The van der Waals surface area contributed by atoms with Crippen molar-refractivity contribution in [2.24, 2.45) is 7.05 Å². The van der Waals surface area contributed by atoms with Crippen LogP contribution >= 0.6 is 11.8 Å². The lowest BCUT2D eigenvalue weighted by atomic mass is 10.1. The molecule has 0 N–H and O–H groups in total. The maximum Gasteiger partial charge on any atom is 0.106 e. The molecule has 3 heteroatoms. The minimum Gasteiger partial charge on any atom is -0.275 e. The zero-order valence-electron chi connectivity index (χ0n) is 8.03. The molecule has 2 nitrogen and oxygen atoms in total. The first-order chi connectivity index (χ1) is 6.22. The van der Waals surface area contributed by atoms with Crippen LogP contribution in [0.15, 0.2) is 23.2 Å². The Kier molecular flexibility index (Phi) is 2.04. The molecule has 0 aliphatic carbocycles. The molecule has 1 heterocycles. The van der Waals surface area contributed by atoms with Crippen molar-refractivity contribution >= 4 is 22.7 Å². The Morgan fingerprint density at radius 3 is 2.85 bits per heavy atom. The van der Waals surface area contributed by atoms with Crippen LogP contribution in [0.25, 0.3) is 10.9 Å². The van der Waals surface area contributed by atoms with E-state index in [1.165, 1.54) is 15.8 Å². The molecule has 0 amide bonds. The topological polar surface area (TPSA) is 17.8 Å². The minimum absolute atomic E-state index is 1.12.